The lowest BCUT2D eigenvalue weighted by molar-refractivity contribution is 0.963. The first kappa shape index (κ1) is 14.8. The minimum atomic E-state index is -0.241. The van der Waals surface area contributed by atoms with Crippen LogP contribution in [0.25, 0.3) is 0 Å². The zero-order valence-electron chi connectivity index (χ0n) is 10.4. The normalized spacial score (nSPS) is 25.0. The molecule has 0 bridgehead atoms. The van der Waals surface area contributed by atoms with Crippen molar-refractivity contribution in [3.63, 3.8) is 0 Å². The Hall–Kier alpha value is -0.0900. The SMILES string of the molecule is Clc1cc2c(cc1Br)C(Cl)C1=C(C=CC(Br)C=N1)CC2. The quantitative estimate of drug-likeness (QED) is 0.444. The van der Waals surface area contributed by atoms with Crippen molar-refractivity contribution in [2.45, 2.75) is 23.0 Å². The number of hydrogen-bond donors (Lipinski definition) is 0. The van der Waals surface area contributed by atoms with Crippen LogP contribution >= 0.6 is 55.1 Å². The van der Waals surface area contributed by atoms with Gasteiger partial charge in [-0.1, -0.05) is 39.7 Å². The van der Waals surface area contributed by atoms with Gasteiger partial charge in [-0.15, -0.1) is 11.6 Å². The molecule has 5 heteroatoms. The topological polar surface area (TPSA) is 12.4 Å². The van der Waals surface area contributed by atoms with Crippen LogP contribution in [0.5, 0.6) is 0 Å². The summed E-state index contributed by atoms with van der Waals surface area (Å²) in [6, 6.07) is 4.02. The molecule has 3 rings (SSSR count). The highest BCUT2D eigenvalue weighted by Gasteiger charge is 2.25. The lowest BCUT2D eigenvalue weighted by atomic mass is 10.0. The first-order valence-electron chi connectivity index (χ1n) is 6.27. The van der Waals surface area contributed by atoms with Crippen LogP contribution in [0.1, 0.15) is 22.9 Å². The predicted molar refractivity (Wildman–Crippen MR) is 93.4 cm³/mol. The third kappa shape index (κ3) is 2.78. The lowest BCUT2D eigenvalue weighted by Crippen LogP contribution is -1.99. The van der Waals surface area contributed by atoms with Crippen LogP contribution in [0.3, 0.4) is 0 Å². The van der Waals surface area contributed by atoms with Crippen LogP contribution in [-0.4, -0.2) is 11.0 Å². The van der Waals surface area contributed by atoms with Gasteiger partial charge in [0.25, 0.3) is 0 Å². The van der Waals surface area contributed by atoms with Gasteiger partial charge < -0.3 is 0 Å². The summed E-state index contributed by atoms with van der Waals surface area (Å²) in [5.74, 6) is 0. The third-order valence-electron chi connectivity index (χ3n) is 3.53. The maximum absolute atomic E-state index is 6.68. The summed E-state index contributed by atoms with van der Waals surface area (Å²) < 4.78 is 0.874. The Morgan fingerprint density at radius 2 is 2.05 bits per heavy atom. The number of alkyl halides is 2. The van der Waals surface area contributed by atoms with Gasteiger partial charge >= 0.3 is 0 Å². The number of halogens is 4. The van der Waals surface area contributed by atoms with E-state index in [-0.39, 0.29) is 10.2 Å². The van der Waals surface area contributed by atoms with Crippen LogP contribution in [0.15, 0.2) is 45.0 Å². The van der Waals surface area contributed by atoms with Crippen LogP contribution < -0.4 is 0 Å². The van der Waals surface area contributed by atoms with Crippen molar-refractivity contribution < 1.29 is 0 Å². The predicted octanol–water partition coefficient (Wildman–Crippen LogP) is 5.99. The van der Waals surface area contributed by atoms with Crippen molar-refractivity contribution >= 4 is 61.3 Å². The third-order valence-corrected chi connectivity index (χ3v) is 5.71. The average molecular weight is 436 g/mol. The molecule has 0 saturated carbocycles. The van der Waals surface area contributed by atoms with Gasteiger partial charge in [-0.05, 0) is 57.6 Å². The molecule has 0 spiro atoms. The summed E-state index contributed by atoms with van der Waals surface area (Å²) in [7, 11) is 0. The minimum Gasteiger partial charge on any atom is -0.262 e. The van der Waals surface area contributed by atoms with Gasteiger partial charge in [0.15, 0.2) is 0 Å². The van der Waals surface area contributed by atoms with E-state index in [9.17, 15) is 0 Å². The standard InChI is InChI=1S/C15H11Br2Cl2N/c16-10-4-3-8-1-2-9-5-13(18)12(17)6-11(9)14(19)15(8)20-7-10/h3-7,10,14H,1-2H2. The van der Waals surface area contributed by atoms with Crippen LogP contribution in [0.4, 0.5) is 0 Å². The van der Waals surface area contributed by atoms with Gasteiger partial charge in [-0.3, -0.25) is 4.99 Å². The van der Waals surface area contributed by atoms with Crippen molar-refractivity contribution in [3.8, 4) is 0 Å². The number of benzene rings is 1. The molecule has 1 aliphatic heterocycles. The number of fused-ring (bicyclic) bond motifs is 1. The molecule has 1 aromatic rings. The zero-order chi connectivity index (χ0) is 14.3. The Balaban J connectivity index is 2.11. The number of aryl methyl sites for hydroxylation is 1. The van der Waals surface area contributed by atoms with Crippen molar-refractivity contribution in [1.82, 2.24) is 0 Å². The van der Waals surface area contributed by atoms with E-state index in [2.05, 4.69) is 49.0 Å². The smallest absolute Gasteiger partial charge is 0.101 e. The van der Waals surface area contributed by atoms with Gasteiger partial charge in [0, 0.05) is 10.7 Å². The van der Waals surface area contributed by atoms with Crippen molar-refractivity contribution in [2.75, 3.05) is 0 Å². The van der Waals surface area contributed by atoms with Crippen molar-refractivity contribution in [2.24, 2.45) is 4.99 Å². The Kier molecular flexibility index (Phi) is 4.42. The van der Waals surface area contributed by atoms with Gasteiger partial charge in [0.2, 0.25) is 0 Å². The number of rotatable bonds is 0. The van der Waals surface area contributed by atoms with Gasteiger partial charge in [-0.25, -0.2) is 0 Å². The first-order chi connectivity index (χ1) is 9.56. The van der Waals surface area contributed by atoms with E-state index in [4.69, 9.17) is 23.2 Å². The lowest BCUT2D eigenvalue weighted by Gasteiger charge is -2.14. The van der Waals surface area contributed by atoms with E-state index in [0.717, 1.165) is 33.6 Å². The van der Waals surface area contributed by atoms with E-state index < -0.39 is 0 Å². The Morgan fingerprint density at radius 3 is 2.85 bits per heavy atom. The van der Waals surface area contributed by atoms with Gasteiger partial charge in [-0.2, -0.15) is 0 Å². The second kappa shape index (κ2) is 5.96. The van der Waals surface area contributed by atoms with E-state index in [1.165, 1.54) is 11.1 Å². The Morgan fingerprint density at radius 1 is 1.25 bits per heavy atom. The molecule has 1 nitrogen and oxygen atoms in total. The van der Waals surface area contributed by atoms with Crippen molar-refractivity contribution in [3.05, 3.63) is 56.2 Å². The molecule has 104 valence electrons. The molecule has 1 aromatic carbocycles. The second-order valence-electron chi connectivity index (χ2n) is 4.82. The summed E-state index contributed by atoms with van der Waals surface area (Å²) in [6.45, 7) is 0. The molecule has 2 unspecified atom stereocenters. The molecular formula is C15H11Br2Cl2N. The zero-order valence-corrected chi connectivity index (χ0v) is 15.1. The van der Waals surface area contributed by atoms with E-state index >= 15 is 0 Å². The molecule has 0 amide bonds. The number of hydrogen-bond acceptors (Lipinski definition) is 1. The summed E-state index contributed by atoms with van der Waals surface area (Å²) in [5, 5.41) is 0.485. The monoisotopic (exact) mass is 433 g/mol. The van der Waals surface area contributed by atoms with E-state index in [1.54, 1.807) is 0 Å². The fourth-order valence-corrected chi connectivity index (χ4v) is 3.71. The molecule has 0 N–H and O–H groups in total. The molecule has 1 heterocycles. The van der Waals surface area contributed by atoms with Crippen LogP contribution in [-0.2, 0) is 6.42 Å². The van der Waals surface area contributed by atoms with E-state index in [1.807, 2.05) is 18.3 Å². The average Bonchev–Trinajstić information content (AvgIpc) is 2.67. The highest BCUT2D eigenvalue weighted by atomic mass is 79.9. The van der Waals surface area contributed by atoms with Crippen LogP contribution in [0.2, 0.25) is 5.02 Å². The number of nitrogens with zero attached hydrogens (tertiary/aromatic N) is 1. The van der Waals surface area contributed by atoms with E-state index in [0.29, 0.717) is 0 Å². The number of aliphatic imine (C=N–C) groups is 1. The molecule has 20 heavy (non-hydrogen) atoms. The molecule has 0 radical (unpaired) electrons. The molecular weight excluding hydrogens is 425 g/mol. The maximum Gasteiger partial charge on any atom is 0.101 e. The summed E-state index contributed by atoms with van der Waals surface area (Å²) in [5.41, 5.74) is 4.43. The highest BCUT2D eigenvalue weighted by molar-refractivity contribution is 9.10. The summed E-state index contributed by atoms with van der Waals surface area (Å²) in [6.07, 6.45) is 7.95. The van der Waals surface area contributed by atoms with Crippen molar-refractivity contribution in [1.29, 1.82) is 0 Å². The van der Waals surface area contributed by atoms with Crippen LogP contribution in [0, 0.1) is 0 Å². The summed E-state index contributed by atoms with van der Waals surface area (Å²) >= 11 is 19.9. The molecule has 2 aliphatic rings. The Bertz CT molecular complexity index is 650. The molecule has 2 atom stereocenters. The molecule has 0 saturated heterocycles. The summed E-state index contributed by atoms with van der Waals surface area (Å²) in [4.78, 5) is 4.74. The molecule has 0 fully saturated rings. The molecule has 1 aliphatic carbocycles. The largest absolute Gasteiger partial charge is 0.262 e. The number of allylic oxidation sites excluding steroid dienone is 4. The maximum atomic E-state index is 6.68. The fourth-order valence-electron chi connectivity index (χ4n) is 2.49. The highest BCUT2D eigenvalue weighted by Crippen LogP contribution is 2.42. The second-order valence-corrected chi connectivity index (χ2v) is 7.58. The van der Waals surface area contributed by atoms with Gasteiger partial charge in [0.05, 0.1) is 15.5 Å². The molecule has 0 aromatic heterocycles. The Labute approximate surface area is 145 Å². The fraction of sp³-hybridized carbons (Fsp3) is 0.267. The first-order valence-corrected chi connectivity index (χ1v) is 8.80. The minimum absolute atomic E-state index is 0.162. The van der Waals surface area contributed by atoms with Gasteiger partial charge in [0.1, 0.15) is 5.38 Å².